The van der Waals surface area contributed by atoms with Crippen molar-refractivity contribution in [2.45, 2.75) is 17.9 Å². The number of ether oxygens (including phenoxy) is 1. The van der Waals surface area contributed by atoms with E-state index in [1.165, 1.54) is 0 Å². The first-order valence-electron chi connectivity index (χ1n) is 8.32. The van der Waals surface area contributed by atoms with E-state index in [9.17, 15) is 52.7 Å². The summed E-state index contributed by atoms with van der Waals surface area (Å²) < 4.78 is 149. The summed E-state index contributed by atoms with van der Waals surface area (Å²) in [4.78, 5) is 13.2. The van der Waals surface area contributed by atoms with E-state index in [1.807, 2.05) is 0 Å². The van der Waals surface area contributed by atoms with Crippen LogP contribution in [-0.4, -0.2) is 51.0 Å². The molecule has 16 heteroatoms. The Bertz CT molecular complexity index is 991. The number of nitrogens with zero attached hydrogens (tertiary/aromatic N) is 1. The Morgan fingerprint density at radius 2 is 1.47 bits per heavy atom. The van der Waals surface area contributed by atoms with E-state index in [2.05, 4.69) is 4.18 Å². The average molecular weight is 501 g/mol. The molecule has 0 atom stereocenters. The van der Waals surface area contributed by atoms with Gasteiger partial charge in [-0.25, -0.2) is 0 Å². The SMILES string of the molecule is O=C(C=Cc1ccc(OS(=O)(=O)C(F)(F)F)c(C(F)(F)F)c1C(F)(F)F)N1CCOCC1. The number of hydrogen-bond donors (Lipinski definition) is 0. The maximum Gasteiger partial charge on any atom is 0.534 e. The van der Waals surface area contributed by atoms with Crippen molar-refractivity contribution in [2.24, 2.45) is 0 Å². The van der Waals surface area contributed by atoms with Gasteiger partial charge in [-0.05, 0) is 17.7 Å². The van der Waals surface area contributed by atoms with Gasteiger partial charge in [0.05, 0.1) is 18.8 Å². The number of rotatable bonds is 4. The summed E-state index contributed by atoms with van der Waals surface area (Å²) in [6.07, 6.45) is -10.9. The molecule has 0 aliphatic carbocycles. The molecule has 1 heterocycles. The zero-order valence-corrected chi connectivity index (χ0v) is 16.3. The van der Waals surface area contributed by atoms with E-state index in [1.54, 1.807) is 0 Å². The maximum absolute atomic E-state index is 13.5. The number of hydrogen-bond acceptors (Lipinski definition) is 5. The summed E-state index contributed by atoms with van der Waals surface area (Å²) in [6, 6.07) is 0.239. The highest BCUT2D eigenvalue weighted by Gasteiger charge is 2.52. The standard InChI is InChI=1S/C16H12F9NO5S/c17-14(18,19)12-9(2-4-11(27)26-5-7-30-8-6-26)1-3-10(13(12)15(20,21)22)31-32(28,29)16(23,24)25/h1-4H,5-8H2. The molecule has 0 spiro atoms. The lowest BCUT2D eigenvalue weighted by molar-refractivity contribution is -0.162. The van der Waals surface area contributed by atoms with Gasteiger partial charge < -0.3 is 13.8 Å². The first-order valence-corrected chi connectivity index (χ1v) is 9.73. The average Bonchev–Trinajstić information content (AvgIpc) is 2.64. The van der Waals surface area contributed by atoms with Crippen LogP contribution < -0.4 is 4.18 Å². The summed E-state index contributed by atoms with van der Waals surface area (Å²) in [7, 11) is -6.71. The highest BCUT2D eigenvalue weighted by molar-refractivity contribution is 7.88. The zero-order chi connectivity index (χ0) is 24.5. The molecule has 1 aliphatic heterocycles. The fourth-order valence-corrected chi connectivity index (χ4v) is 3.08. The number of halogens is 9. The summed E-state index contributed by atoms with van der Waals surface area (Å²) >= 11 is 0. The van der Waals surface area contributed by atoms with Crippen LogP contribution in [0, 0.1) is 0 Å². The fourth-order valence-electron chi connectivity index (χ4n) is 2.61. The second kappa shape index (κ2) is 8.80. The molecule has 0 unspecified atom stereocenters. The van der Waals surface area contributed by atoms with Crippen LogP contribution in [-0.2, 0) is 32.0 Å². The van der Waals surface area contributed by atoms with Crippen LogP contribution >= 0.6 is 0 Å². The second-order valence-electron chi connectivity index (χ2n) is 6.15. The van der Waals surface area contributed by atoms with Gasteiger partial charge in [0.2, 0.25) is 5.91 Å². The van der Waals surface area contributed by atoms with E-state index < -0.39 is 56.3 Å². The molecule has 180 valence electrons. The monoisotopic (exact) mass is 501 g/mol. The Balaban J connectivity index is 2.62. The van der Waals surface area contributed by atoms with Gasteiger partial charge in [-0.2, -0.15) is 47.9 Å². The number of morpholine rings is 1. The summed E-state index contributed by atoms with van der Waals surface area (Å²) in [5.41, 5.74) is -12.8. The molecule has 0 saturated carbocycles. The lowest BCUT2D eigenvalue weighted by Crippen LogP contribution is -2.39. The van der Waals surface area contributed by atoms with E-state index in [0.29, 0.717) is 12.2 Å². The molecule has 1 amide bonds. The van der Waals surface area contributed by atoms with Gasteiger partial charge in [-0.1, -0.05) is 6.07 Å². The molecule has 32 heavy (non-hydrogen) atoms. The molecule has 1 saturated heterocycles. The van der Waals surface area contributed by atoms with Crippen LogP contribution in [0.5, 0.6) is 5.75 Å². The van der Waals surface area contributed by atoms with Crippen molar-refractivity contribution in [2.75, 3.05) is 26.3 Å². The van der Waals surface area contributed by atoms with Crippen LogP contribution in [0.2, 0.25) is 0 Å². The van der Waals surface area contributed by atoms with Crippen molar-refractivity contribution >= 4 is 22.1 Å². The third kappa shape index (κ3) is 5.85. The molecule has 1 aromatic carbocycles. The van der Waals surface area contributed by atoms with Crippen LogP contribution in [0.25, 0.3) is 6.08 Å². The van der Waals surface area contributed by atoms with E-state index in [0.717, 1.165) is 4.90 Å². The first kappa shape index (κ1) is 25.8. The normalized spacial score (nSPS) is 16.5. The summed E-state index contributed by atoms with van der Waals surface area (Å²) in [6.45, 7) is 0.410. The van der Waals surface area contributed by atoms with Gasteiger partial charge in [0.25, 0.3) is 0 Å². The van der Waals surface area contributed by atoms with E-state index >= 15 is 0 Å². The lowest BCUT2D eigenvalue weighted by atomic mass is 9.98. The van der Waals surface area contributed by atoms with Crippen molar-refractivity contribution < 1.29 is 61.6 Å². The predicted octanol–water partition coefficient (Wildman–Crippen LogP) is 3.82. The summed E-state index contributed by atoms with van der Waals surface area (Å²) in [5, 5.41) is 0. The van der Waals surface area contributed by atoms with Crippen LogP contribution in [0.4, 0.5) is 39.5 Å². The van der Waals surface area contributed by atoms with Gasteiger partial charge in [-0.3, -0.25) is 4.79 Å². The van der Waals surface area contributed by atoms with Crippen LogP contribution in [0.3, 0.4) is 0 Å². The molecule has 0 radical (unpaired) electrons. The van der Waals surface area contributed by atoms with Crippen LogP contribution in [0.1, 0.15) is 16.7 Å². The highest BCUT2D eigenvalue weighted by atomic mass is 32.2. The zero-order valence-electron chi connectivity index (χ0n) is 15.4. The molecule has 1 aromatic rings. The van der Waals surface area contributed by atoms with Crippen molar-refractivity contribution in [1.82, 2.24) is 4.90 Å². The molecule has 1 aliphatic rings. The third-order valence-corrected chi connectivity index (χ3v) is 4.94. The molecule has 0 N–H and O–H groups in total. The van der Waals surface area contributed by atoms with E-state index in [-0.39, 0.29) is 38.4 Å². The molecule has 6 nitrogen and oxygen atoms in total. The Hall–Kier alpha value is -2.49. The minimum atomic E-state index is -6.71. The molecule has 0 aromatic heterocycles. The third-order valence-electron chi connectivity index (χ3n) is 3.98. The number of benzene rings is 1. The van der Waals surface area contributed by atoms with E-state index in [4.69, 9.17) is 4.74 Å². The topological polar surface area (TPSA) is 72.9 Å². The minimum Gasteiger partial charge on any atom is -0.378 e. The van der Waals surface area contributed by atoms with Crippen LogP contribution in [0.15, 0.2) is 18.2 Å². The van der Waals surface area contributed by atoms with Gasteiger partial charge in [0.15, 0.2) is 5.75 Å². The quantitative estimate of drug-likeness (QED) is 0.272. The molecular weight excluding hydrogens is 489 g/mol. The Morgan fingerprint density at radius 1 is 0.938 bits per heavy atom. The molecule has 0 bridgehead atoms. The largest absolute Gasteiger partial charge is 0.534 e. The molecule has 1 fully saturated rings. The Labute approximate surface area is 174 Å². The number of amides is 1. The maximum atomic E-state index is 13.5. The number of alkyl halides is 9. The predicted molar refractivity (Wildman–Crippen MR) is 88.5 cm³/mol. The van der Waals surface area contributed by atoms with Gasteiger partial charge in [0, 0.05) is 19.2 Å². The van der Waals surface area contributed by atoms with Crippen molar-refractivity contribution in [3.8, 4) is 5.75 Å². The Kier molecular flexibility index (Phi) is 7.09. The van der Waals surface area contributed by atoms with Crippen molar-refractivity contribution in [1.29, 1.82) is 0 Å². The van der Waals surface area contributed by atoms with Gasteiger partial charge >= 0.3 is 28.0 Å². The van der Waals surface area contributed by atoms with Crippen molar-refractivity contribution in [3.63, 3.8) is 0 Å². The lowest BCUT2D eigenvalue weighted by Gasteiger charge is -2.25. The smallest absolute Gasteiger partial charge is 0.378 e. The van der Waals surface area contributed by atoms with Gasteiger partial charge in [0.1, 0.15) is 5.56 Å². The van der Waals surface area contributed by atoms with Crippen molar-refractivity contribution in [3.05, 3.63) is 34.9 Å². The highest BCUT2D eigenvalue weighted by Crippen LogP contribution is 2.47. The molecule has 2 rings (SSSR count). The number of carbonyl (C=O) groups excluding carboxylic acids is 1. The first-order chi connectivity index (χ1) is 14.4. The number of carbonyl (C=O) groups is 1. The Morgan fingerprint density at radius 3 is 1.94 bits per heavy atom. The second-order valence-corrected chi connectivity index (χ2v) is 7.69. The molecular formula is C16H12F9NO5S. The minimum absolute atomic E-state index is 0.0137. The summed E-state index contributed by atoms with van der Waals surface area (Å²) in [5.74, 6) is -3.08. The van der Waals surface area contributed by atoms with Gasteiger partial charge in [-0.15, -0.1) is 0 Å². The fraction of sp³-hybridized carbons (Fsp3) is 0.438.